The molecule has 5 N–H and O–H groups in total. The van der Waals surface area contributed by atoms with Gasteiger partial charge in [0, 0.05) is 75.6 Å². The zero-order chi connectivity index (χ0) is 51.0. The second-order valence-electron chi connectivity index (χ2n) is 19.4. The van der Waals surface area contributed by atoms with Crippen LogP contribution in [-0.4, -0.2) is 125 Å². The van der Waals surface area contributed by atoms with E-state index < -0.39 is 36.7 Å². The number of carbonyl (C=O) groups is 4. The van der Waals surface area contributed by atoms with E-state index in [9.17, 15) is 28.8 Å². The van der Waals surface area contributed by atoms with Gasteiger partial charge in [-0.15, -0.1) is 11.3 Å². The Morgan fingerprint density at radius 3 is 2.34 bits per heavy atom. The minimum absolute atomic E-state index is 0.0141. The number of nitrogens with one attached hydrogen (secondary N) is 4. The fraction of sp³-hybridized carbons (Fsp3) is 0.431. The van der Waals surface area contributed by atoms with Crippen LogP contribution in [0.3, 0.4) is 0 Å². The van der Waals surface area contributed by atoms with Crippen LogP contribution in [0.25, 0.3) is 10.4 Å². The lowest BCUT2D eigenvalue weighted by atomic mass is 9.85. The van der Waals surface area contributed by atoms with Gasteiger partial charge in [0.25, 0.3) is 0 Å². The second kappa shape index (κ2) is 23.0. The van der Waals surface area contributed by atoms with Crippen LogP contribution in [0.4, 0.5) is 28.8 Å². The molecular formula is C51H64ClN10O7PS. The van der Waals surface area contributed by atoms with E-state index in [0.29, 0.717) is 72.3 Å². The first-order valence-corrected chi connectivity index (χ1v) is 27.6. The van der Waals surface area contributed by atoms with Crippen molar-refractivity contribution in [3.8, 4) is 16.2 Å². The fourth-order valence-electron chi connectivity index (χ4n) is 8.74. The smallest absolute Gasteiger partial charge is 0.246 e. The summed E-state index contributed by atoms with van der Waals surface area (Å²) >= 11 is 8.04. The molecule has 0 bridgehead atoms. The van der Waals surface area contributed by atoms with Gasteiger partial charge in [-0.25, -0.2) is 9.97 Å². The number of benzene rings is 3. The Morgan fingerprint density at radius 2 is 1.66 bits per heavy atom. The highest BCUT2D eigenvalue weighted by Gasteiger charge is 2.44. The number of anilines is 5. The molecule has 17 nitrogen and oxygen atoms in total. The van der Waals surface area contributed by atoms with Crippen molar-refractivity contribution >= 4 is 87.8 Å². The number of halogens is 1. The van der Waals surface area contributed by atoms with Gasteiger partial charge in [0.15, 0.2) is 5.82 Å². The van der Waals surface area contributed by atoms with E-state index in [1.165, 1.54) is 11.1 Å². The normalized spacial score (nSPS) is 16.6. The Hall–Kier alpha value is -6.07. The van der Waals surface area contributed by atoms with Crippen molar-refractivity contribution in [3.63, 3.8) is 0 Å². The molecule has 5 aromatic rings. The number of rotatable bonds is 18. The molecule has 0 spiro atoms. The maximum atomic E-state index is 14.1. The summed E-state index contributed by atoms with van der Waals surface area (Å²) in [5, 5.41) is 23.9. The van der Waals surface area contributed by atoms with Gasteiger partial charge in [-0.05, 0) is 73.9 Å². The molecule has 3 atom stereocenters. The zero-order valence-corrected chi connectivity index (χ0v) is 43.8. The van der Waals surface area contributed by atoms with Crippen LogP contribution in [0.5, 0.6) is 5.75 Å². The summed E-state index contributed by atoms with van der Waals surface area (Å²) in [5.41, 5.74) is 6.23. The Kier molecular flexibility index (Phi) is 17.1. The molecule has 2 fully saturated rings. The molecule has 7 rings (SSSR count). The number of piperazine rings is 1. The summed E-state index contributed by atoms with van der Waals surface area (Å²) in [6.07, 6.45) is 2.08. The molecule has 0 saturated carbocycles. The number of hydrogen-bond donors (Lipinski definition) is 5. The lowest BCUT2D eigenvalue weighted by Gasteiger charge is -2.36. The third-order valence-corrected chi connectivity index (χ3v) is 15.5. The number of hydrogen-bond acceptors (Lipinski definition) is 14. The van der Waals surface area contributed by atoms with Gasteiger partial charge in [-0.2, -0.15) is 4.98 Å². The molecule has 4 amide bonds. The lowest BCUT2D eigenvalue weighted by Crippen LogP contribution is -2.57. The summed E-state index contributed by atoms with van der Waals surface area (Å²) in [6.45, 7) is 13.5. The second-order valence-corrected chi connectivity index (χ2v) is 23.9. The zero-order valence-electron chi connectivity index (χ0n) is 41.3. The number of β-amino-alcohol motifs (C(OH)–C–C–N with tert-alkyl or cyclic N) is 1. The van der Waals surface area contributed by atoms with Crippen molar-refractivity contribution in [2.45, 2.75) is 84.5 Å². The number of aryl methyl sites for hydroxylation is 1. The van der Waals surface area contributed by atoms with Crippen LogP contribution in [0, 0.1) is 12.3 Å². The van der Waals surface area contributed by atoms with Crippen LogP contribution in [0.1, 0.15) is 64.1 Å². The molecule has 20 heteroatoms. The van der Waals surface area contributed by atoms with Gasteiger partial charge in [0.05, 0.1) is 46.9 Å². The van der Waals surface area contributed by atoms with Crippen molar-refractivity contribution in [1.29, 1.82) is 0 Å². The summed E-state index contributed by atoms with van der Waals surface area (Å²) in [4.78, 5) is 74.0. The molecule has 378 valence electrons. The number of aromatic nitrogens is 3. The van der Waals surface area contributed by atoms with Gasteiger partial charge in [-0.1, -0.05) is 68.8 Å². The largest absolute Gasteiger partial charge is 0.494 e. The number of ether oxygens (including phenoxy) is 1. The first kappa shape index (κ1) is 52.7. The molecule has 2 aliphatic heterocycles. The van der Waals surface area contributed by atoms with Gasteiger partial charge < -0.3 is 50.4 Å². The molecule has 2 aromatic heterocycles. The van der Waals surface area contributed by atoms with Crippen molar-refractivity contribution in [2.24, 2.45) is 5.41 Å². The summed E-state index contributed by atoms with van der Waals surface area (Å²) in [6, 6.07) is 19.2. The Morgan fingerprint density at radius 1 is 0.944 bits per heavy atom. The van der Waals surface area contributed by atoms with Crippen molar-refractivity contribution < 1.29 is 33.6 Å². The number of amides is 4. The predicted octanol–water partition coefficient (Wildman–Crippen LogP) is 7.32. The predicted molar refractivity (Wildman–Crippen MR) is 281 cm³/mol. The highest BCUT2D eigenvalue weighted by molar-refractivity contribution is 7.70. The number of aliphatic hydroxyl groups excluding tert-OH is 1. The van der Waals surface area contributed by atoms with Crippen LogP contribution in [0.2, 0.25) is 5.02 Å². The highest BCUT2D eigenvalue weighted by atomic mass is 35.5. The monoisotopic (exact) mass is 1030 g/mol. The van der Waals surface area contributed by atoms with E-state index in [4.69, 9.17) is 16.3 Å². The molecule has 2 aliphatic rings. The van der Waals surface area contributed by atoms with Gasteiger partial charge in [0.1, 0.15) is 30.0 Å². The first-order valence-electron chi connectivity index (χ1n) is 23.8. The number of nitrogens with zero attached hydrogens (tertiary/aromatic N) is 6. The molecule has 3 unspecified atom stereocenters. The molecule has 0 aliphatic carbocycles. The van der Waals surface area contributed by atoms with Crippen molar-refractivity contribution in [2.75, 3.05) is 68.7 Å². The van der Waals surface area contributed by atoms with Gasteiger partial charge >= 0.3 is 0 Å². The average molecular weight is 1030 g/mol. The minimum Gasteiger partial charge on any atom is -0.494 e. The van der Waals surface area contributed by atoms with E-state index in [1.54, 1.807) is 31.8 Å². The summed E-state index contributed by atoms with van der Waals surface area (Å²) in [5.74, 6) is 0.107. The number of thiazole rings is 1. The van der Waals surface area contributed by atoms with Crippen molar-refractivity contribution in [1.82, 2.24) is 35.4 Å². The van der Waals surface area contributed by atoms with Crippen LogP contribution in [0.15, 0.2) is 78.4 Å². The molecule has 3 aromatic carbocycles. The number of unbranched alkanes of at least 4 members (excludes halogenated alkanes) is 1. The van der Waals surface area contributed by atoms with E-state index in [1.807, 2.05) is 105 Å². The van der Waals surface area contributed by atoms with Crippen molar-refractivity contribution in [3.05, 3.63) is 94.7 Å². The molecule has 0 radical (unpaired) electrons. The summed E-state index contributed by atoms with van der Waals surface area (Å²) < 4.78 is 18.7. The SMILES string of the molecule is COc1cc(N2CCN(C(=O)CCCCC(=O)NC(C(=O)N3CC(O)CC3C(=O)NCc3ccc(-c4scnc4C)cc3)C(C)(C)C)CC2)ccc1Nc1ncc(Cl)c(Nc2ccccc2P(C)(C)=O)n1. The van der Waals surface area contributed by atoms with E-state index in [-0.39, 0.29) is 56.0 Å². The van der Waals surface area contributed by atoms with Crippen LogP contribution < -0.4 is 36.2 Å². The summed E-state index contributed by atoms with van der Waals surface area (Å²) in [7, 11) is -1.00. The average Bonchev–Trinajstić information content (AvgIpc) is 3.96. The molecule has 71 heavy (non-hydrogen) atoms. The molecule has 2 saturated heterocycles. The maximum Gasteiger partial charge on any atom is 0.246 e. The van der Waals surface area contributed by atoms with E-state index >= 15 is 0 Å². The molecular weight excluding hydrogens is 963 g/mol. The minimum atomic E-state index is -2.59. The van der Waals surface area contributed by atoms with E-state index in [0.717, 1.165) is 27.4 Å². The van der Waals surface area contributed by atoms with Gasteiger partial charge in [0.2, 0.25) is 29.6 Å². The number of carbonyl (C=O) groups excluding carboxylic acids is 4. The highest BCUT2D eigenvalue weighted by Crippen LogP contribution is 2.39. The number of para-hydroxylation sites is 1. The Labute approximate surface area is 424 Å². The third kappa shape index (κ3) is 13.5. The number of methoxy groups -OCH3 is 1. The number of aliphatic hydroxyl groups is 1. The van der Waals surface area contributed by atoms with Crippen LogP contribution >= 0.6 is 30.1 Å². The standard InChI is InChI=1S/C51H64ClN10O7PS/c1-32-45(71-31-55-32)34-18-16-33(17-19-34)28-53-48(66)40-27-36(63)30-62(40)49(67)46(51(2,3)4)58-43(64)14-10-11-15-44(65)61-24-22-60(23-25-61)35-20-21-38(41(26-35)69-5)57-50-54-29-37(52)47(59-50)56-39-12-8-9-13-42(39)70(6,7)68/h8-9,12-13,16-21,26,29,31,36,40,46,63H,10-11,14-15,22-25,27-28,30H2,1-7H3,(H,53,66)(H,58,64)(H2,54,56,57,59). The number of likely N-dealkylation sites (tertiary alicyclic amines) is 1. The Balaban J connectivity index is 0.853. The van der Waals surface area contributed by atoms with E-state index in [2.05, 4.69) is 41.1 Å². The third-order valence-electron chi connectivity index (χ3n) is 12.7. The molecule has 4 heterocycles. The van der Waals surface area contributed by atoms with Crippen LogP contribution in [-0.2, 0) is 30.3 Å². The fourth-order valence-corrected chi connectivity index (χ4v) is 10.8. The lowest BCUT2D eigenvalue weighted by molar-refractivity contribution is -0.144. The topological polar surface area (TPSA) is 211 Å². The van der Waals surface area contributed by atoms with Gasteiger partial charge in [-0.3, -0.25) is 19.2 Å². The Bertz CT molecular complexity index is 2760. The quantitative estimate of drug-likeness (QED) is 0.0431. The maximum absolute atomic E-state index is 14.1. The first-order chi connectivity index (χ1) is 33.8.